The van der Waals surface area contributed by atoms with E-state index in [2.05, 4.69) is 26.0 Å². The summed E-state index contributed by atoms with van der Waals surface area (Å²) in [5, 5.41) is 68.6. The number of aryl methyl sites for hydroxylation is 2. The molecule has 7 N–H and O–H groups in total. The number of para-hydroxylation sites is 8. The van der Waals surface area contributed by atoms with Crippen LogP contribution < -0.4 is 47.4 Å². The summed E-state index contributed by atoms with van der Waals surface area (Å²) >= 11 is 0. The van der Waals surface area contributed by atoms with Gasteiger partial charge in [-0.15, -0.1) is 0 Å². The standard InChI is InChI=1S/C26H29FO9.C20H23FO6.2C17H18O3.C17H20O2.C15H14O4/c1-15-23(33-16(2)28)24(34-17(3)29)25(35-18(4)30)26(32-15)36-22-8-6-5-7-19(22)13-14-31-21-11-9-20(27)10-12-21;1-12-17(22)18(23)19(24)20(26-12)27-16-5-3-2-4-13(16)10-11-25-15-8-6-14(21)7-9-15;1-19-15-8-4-5-9-16(15)20-12-17(10-11-17)13-6-2-3-7-14(13)18;1-2-5-13-8-10-14(11-9-13)20-12-17(19)15-6-3-4-7-16(15)18;1-2-5-14-8-10-16(11-9-14)19-13-12-15-6-3-4-7-17(15)18;1-18-11-6-8-12(9-7-11)19-10-15(17)13-4-2-3-5-14(13)16/h5-12,15,23-26H,13-14H2,1-4H3;2-9,12,17-20,22-24H,10-11H2,1H3;2-9,18H,10-12H2,1H3;3-4,6-11,18H,2,5,12H2,1H3;3-4,6-11,18H,2,5,12-13H2,1H3;2-9,16H,10H2,1H3/t15-,23-,24+,25+,26?;12-,17-,18+,19+,20?;;;;/m00..../s1. The van der Waals surface area contributed by atoms with Gasteiger partial charge in [-0.05, 0) is 225 Å². The highest BCUT2D eigenvalue weighted by atomic mass is 19.1. The number of phenolic OH excluding ortho intramolecular Hbond substituents is 4. The topological polar surface area (TPSA) is 365 Å². The Balaban J connectivity index is 0.000000177. The van der Waals surface area contributed by atoms with Gasteiger partial charge in [0.1, 0.15) is 98.9 Å². The van der Waals surface area contributed by atoms with E-state index in [1.54, 1.807) is 137 Å². The summed E-state index contributed by atoms with van der Waals surface area (Å²) in [5.41, 5.74) is 6.59. The molecular formula is C112H122F2O27. The molecule has 2 aliphatic heterocycles. The smallest absolute Gasteiger partial charge is 0.303 e. The predicted molar refractivity (Wildman–Crippen MR) is 523 cm³/mol. The first kappa shape index (κ1) is 108. The van der Waals surface area contributed by atoms with Crippen LogP contribution in [0.3, 0.4) is 0 Å². The molecule has 27 nitrogen and oxygen atoms in total. The number of benzene rings is 12. The van der Waals surface area contributed by atoms with Crippen molar-refractivity contribution in [2.45, 2.75) is 173 Å². The zero-order valence-electron chi connectivity index (χ0n) is 80.1. The van der Waals surface area contributed by atoms with Crippen LogP contribution in [0, 0.1) is 11.6 Å². The van der Waals surface area contributed by atoms with E-state index in [0.717, 1.165) is 83.8 Å². The number of carbonyl (C=O) groups is 5. The second-order valence-electron chi connectivity index (χ2n) is 33.1. The summed E-state index contributed by atoms with van der Waals surface area (Å²) in [6.45, 7) is 12.7. The van der Waals surface area contributed by atoms with Crippen LogP contribution in [0.15, 0.2) is 291 Å². The van der Waals surface area contributed by atoms with Crippen LogP contribution >= 0.6 is 0 Å². The highest BCUT2D eigenvalue weighted by Gasteiger charge is 2.52. The molecule has 0 radical (unpaired) electrons. The van der Waals surface area contributed by atoms with Gasteiger partial charge in [-0.2, -0.15) is 0 Å². The third kappa shape index (κ3) is 34.4. The average Bonchev–Trinajstić information content (AvgIpc) is 1.73. The highest BCUT2D eigenvalue weighted by molar-refractivity contribution is 6.00. The van der Waals surface area contributed by atoms with E-state index in [1.165, 1.54) is 80.4 Å². The molecule has 1 saturated carbocycles. The Morgan fingerprint density at radius 1 is 0.348 bits per heavy atom. The monoisotopic (exact) mass is 1940 g/mol. The summed E-state index contributed by atoms with van der Waals surface area (Å²) in [7, 11) is 3.22. The summed E-state index contributed by atoms with van der Waals surface area (Å²) in [4.78, 5) is 59.2. The van der Waals surface area contributed by atoms with Crippen molar-refractivity contribution in [1.29, 1.82) is 0 Å². The van der Waals surface area contributed by atoms with Gasteiger partial charge in [-0.25, -0.2) is 8.78 Å². The van der Waals surface area contributed by atoms with Crippen LogP contribution in [-0.4, -0.2) is 180 Å². The maximum Gasteiger partial charge on any atom is 0.303 e. The highest BCUT2D eigenvalue weighted by Crippen LogP contribution is 2.52. The molecule has 12 aromatic rings. The molecule has 3 aliphatic rings. The van der Waals surface area contributed by atoms with E-state index < -0.39 is 79.3 Å². The second kappa shape index (κ2) is 55.7. The minimum absolute atomic E-state index is 0.0145. The van der Waals surface area contributed by atoms with Gasteiger partial charge < -0.3 is 107 Å². The third-order valence-electron chi connectivity index (χ3n) is 22.4. The lowest BCUT2D eigenvalue weighted by atomic mass is 9.96. The third-order valence-corrected chi connectivity index (χ3v) is 22.4. The van der Waals surface area contributed by atoms with Crippen molar-refractivity contribution in [3.05, 3.63) is 347 Å². The Kier molecular flexibility index (Phi) is 42.8. The van der Waals surface area contributed by atoms with Crippen LogP contribution in [0.1, 0.15) is 128 Å². The molecule has 10 atom stereocenters. The maximum absolute atomic E-state index is 13.1. The maximum atomic E-state index is 13.1. The van der Waals surface area contributed by atoms with E-state index in [0.29, 0.717) is 85.1 Å². The van der Waals surface area contributed by atoms with Gasteiger partial charge in [-0.1, -0.05) is 160 Å². The molecule has 15 rings (SSSR count). The molecule has 2 saturated heterocycles. The molecule has 12 aromatic carbocycles. The molecule has 2 unspecified atom stereocenters. The molecule has 141 heavy (non-hydrogen) atoms. The molecule has 3 fully saturated rings. The number of hydrogen-bond acceptors (Lipinski definition) is 27. The number of methoxy groups -OCH3 is 2. The average molecular weight is 1940 g/mol. The summed E-state index contributed by atoms with van der Waals surface area (Å²) in [6, 6.07) is 84.1. The van der Waals surface area contributed by atoms with Crippen LogP contribution in [0.25, 0.3) is 0 Å². The normalized spacial score (nSPS) is 17.7. The number of ether oxygens (including phenoxy) is 15. The Morgan fingerprint density at radius 2 is 0.709 bits per heavy atom. The molecule has 0 amide bonds. The van der Waals surface area contributed by atoms with Crippen LogP contribution in [0.4, 0.5) is 8.78 Å². The van der Waals surface area contributed by atoms with Crippen molar-refractivity contribution >= 4 is 29.5 Å². The van der Waals surface area contributed by atoms with E-state index in [-0.39, 0.29) is 71.1 Å². The Bertz CT molecular complexity index is 5860. The fourth-order valence-electron chi connectivity index (χ4n) is 14.8. The molecule has 0 spiro atoms. The molecule has 29 heteroatoms. The number of aliphatic hydroxyl groups excluding tert-OH is 3. The first-order chi connectivity index (χ1) is 68.0. The van der Waals surface area contributed by atoms with Crippen molar-refractivity contribution in [3.63, 3.8) is 0 Å². The van der Waals surface area contributed by atoms with Crippen molar-refractivity contribution in [2.24, 2.45) is 0 Å². The van der Waals surface area contributed by atoms with Crippen molar-refractivity contribution < 1.29 is 140 Å². The van der Waals surface area contributed by atoms with Gasteiger partial charge in [0.15, 0.2) is 36.9 Å². The number of carbonyl (C=O) groups excluding carboxylic acids is 5. The second-order valence-corrected chi connectivity index (χ2v) is 33.1. The number of rotatable bonds is 37. The van der Waals surface area contributed by atoms with Crippen LogP contribution in [0.5, 0.6) is 80.5 Å². The minimum atomic E-state index is -1.38. The zero-order chi connectivity index (χ0) is 101. The van der Waals surface area contributed by atoms with Gasteiger partial charge in [0, 0.05) is 51.0 Å². The predicted octanol–water partition coefficient (Wildman–Crippen LogP) is 18.8. The SMILES string of the molecule is CC(=O)O[C@@H]1[C@@H](OC(C)=O)[C@@H](OC(C)=O)C(Oc2ccccc2CCOc2ccc(F)cc2)O[C@H]1C.CCCc1ccc(OCC(=O)c2ccccc2O)cc1.CCCc1ccc(OCCc2ccccc2O)cc1.COc1ccc(OCC(=O)c2ccccc2O)cc1.COc1ccccc1OCC1(c2ccccc2O)CC1.C[C@@H]1OC(Oc2ccccc2CCOc2ccc(F)cc2)[C@H](O)[C@H](O)[C@H]1O. The van der Waals surface area contributed by atoms with Gasteiger partial charge in [0.05, 0.1) is 64.0 Å². The molecule has 2 heterocycles. The molecular weight excluding hydrogens is 1820 g/mol. The van der Waals surface area contributed by atoms with E-state index in [9.17, 15) is 68.5 Å². The number of phenols is 4. The molecule has 0 aromatic heterocycles. The Morgan fingerprint density at radius 3 is 1.14 bits per heavy atom. The Hall–Kier alpha value is -14.8. The van der Waals surface area contributed by atoms with Gasteiger partial charge in [0.25, 0.3) is 0 Å². The summed E-state index contributed by atoms with van der Waals surface area (Å²) < 4.78 is 109. The minimum Gasteiger partial charge on any atom is -0.508 e. The van der Waals surface area contributed by atoms with Crippen molar-refractivity contribution in [3.8, 4) is 80.5 Å². The van der Waals surface area contributed by atoms with Crippen LogP contribution in [-0.2, 0) is 75.6 Å². The first-order valence-electron chi connectivity index (χ1n) is 46.3. The van der Waals surface area contributed by atoms with E-state index >= 15 is 0 Å². The number of aromatic hydroxyl groups is 4. The number of Topliss-reactive ketones (excluding diaryl/α,β-unsaturated/α-hetero) is 2. The fourth-order valence-corrected chi connectivity index (χ4v) is 14.8. The van der Waals surface area contributed by atoms with Crippen molar-refractivity contribution in [1.82, 2.24) is 0 Å². The Labute approximate surface area is 819 Å². The zero-order valence-corrected chi connectivity index (χ0v) is 80.1. The lowest BCUT2D eigenvalue weighted by molar-refractivity contribution is -0.280. The van der Waals surface area contributed by atoms with E-state index in [4.69, 9.17) is 71.1 Å². The molecule has 746 valence electrons. The van der Waals surface area contributed by atoms with Crippen molar-refractivity contribution in [2.75, 3.05) is 53.9 Å². The fraction of sp³-hybridized carbons (Fsp3) is 0.312. The van der Waals surface area contributed by atoms with Gasteiger partial charge in [-0.3, -0.25) is 24.0 Å². The van der Waals surface area contributed by atoms with Gasteiger partial charge in [0.2, 0.25) is 30.3 Å². The number of ketones is 2. The number of aliphatic hydroxyl groups is 3. The number of hydrogen-bond donors (Lipinski definition) is 7. The first-order valence-corrected chi connectivity index (χ1v) is 46.3. The number of halogens is 2. The lowest BCUT2D eigenvalue weighted by Gasteiger charge is -2.43. The van der Waals surface area contributed by atoms with E-state index in [1.807, 2.05) is 121 Å². The quantitative estimate of drug-likeness (QED) is 0.0108. The lowest BCUT2D eigenvalue weighted by Crippen LogP contribution is -2.62. The summed E-state index contributed by atoms with van der Waals surface area (Å²) in [5.74, 6) is 3.86. The largest absolute Gasteiger partial charge is 0.508 e. The van der Waals surface area contributed by atoms with Gasteiger partial charge >= 0.3 is 17.9 Å². The molecule has 0 bridgehead atoms. The molecule has 1 aliphatic carbocycles. The summed E-state index contributed by atoms with van der Waals surface area (Å²) in [6.07, 6.45) is -2.83. The number of esters is 3. The van der Waals surface area contributed by atoms with Crippen LogP contribution in [0.2, 0.25) is 0 Å².